The van der Waals surface area contributed by atoms with Gasteiger partial charge in [0.15, 0.2) is 23.0 Å². The van der Waals surface area contributed by atoms with E-state index in [-0.39, 0.29) is 94.5 Å². The summed E-state index contributed by atoms with van der Waals surface area (Å²) in [5, 5.41) is 3.43. The number of carbonyl (C=O) groups is 6. The van der Waals surface area contributed by atoms with Crippen molar-refractivity contribution in [1.82, 2.24) is 25.2 Å². The number of pyridine rings is 1. The molecule has 1 N–H and O–H groups in total. The van der Waals surface area contributed by atoms with Crippen LogP contribution in [0.25, 0.3) is 0 Å². The predicted octanol–water partition coefficient (Wildman–Crippen LogP) is 6.16. The van der Waals surface area contributed by atoms with Gasteiger partial charge >= 0.3 is 5.97 Å². The van der Waals surface area contributed by atoms with Crippen molar-refractivity contribution in [1.29, 1.82) is 0 Å². The lowest BCUT2D eigenvalue weighted by Crippen LogP contribution is -2.35. The first-order chi connectivity index (χ1) is 38.7. The van der Waals surface area contributed by atoms with Gasteiger partial charge in [-0.25, -0.2) is 4.79 Å². The number of benzene rings is 2. The van der Waals surface area contributed by atoms with Crippen LogP contribution in [-0.4, -0.2) is 172 Å². The number of fused-ring (bicyclic) bond motifs is 4. The van der Waals surface area contributed by atoms with E-state index in [0.717, 1.165) is 18.4 Å². The van der Waals surface area contributed by atoms with Crippen LogP contribution in [0.2, 0.25) is 0 Å². The summed E-state index contributed by atoms with van der Waals surface area (Å²) in [6.45, 7) is 11.6. The highest BCUT2D eigenvalue weighted by Crippen LogP contribution is 2.42. The van der Waals surface area contributed by atoms with Crippen molar-refractivity contribution in [3.8, 4) is 23.0 Å². The van der Waals surface area contributed by atoms with Crippen LogP contribution in [0, 0.1) is 0 Å². The van der Waals surface area contributed by atoms with Gasteiger partial charge in [-0.1, -0.05) is 23.3 Å². The van der Waals surface area contributed by atoms with E-state index in [4.69, 9.17) is 57.7 Å². The molecule has 5 aliphatic heterocycles. The zero-order valence-electron chi connectivity index (χ0n) is 46.1. The van der Waals surface area contributed by atoms with Gasteiger partial charge in [-0.05, 0) is 70.4 Å². The van der Waals surface area contributed by atoms with Crippen molar-refractivity contribution in [2.75, 3.05) is 92.5 Å². The average molecular weight is 1120 g/mol. The Balaban J connectivity index is 0.834. The normalized spacial score (nSPS) is 18.6. The minimum atomic E-state index is -0.728. The molecule has 5 amide bonds. The number of imide groups is 1. The topological polar surface area (TPSA) is 245 Å². The van der Waals surface area contributed by atoms with E-state index in [0.29, 0.717) is 108 Å². The van der Waals surface area contributed by atoms with Gasteiger partial charge in [0.05, 0.1) is 125 Å². The highest BCUT2D eigenvalue weighted by atomic mass is 32.2. The van der Waals surface area contributed by atoms with E-state index < -0.39 is 22.5 Å². The van der Waals surface area contributed by atoms with Gasteiger partial charge in [-0.15, -0.1) is 16.8 Å². The van der Waals surface area contributed by atoms with Crippen LogP contribution in [0.3, 0.4) is 0 Å². The fourth-order valence-electron chi connectivity index (χ4n) is 9.34. The Bertz CT molecular complexity index is 2770. The minimum Gasteiger partial charge on any atom is -0.493 e. The molecule has 3 fully saturated rings. The van der Waals surface area contributed by atoms with Gasteiger partial charge in [0.25, 0.3) is 23.6 Å². The first-order valence-electron chi connectivity index (χ1n) is 26.6. The molecule has 0 saturated carbocycles. The van der Waals surface area contributed by atoms with Crippen LogP contribution in [0.1, 0.15) is 97.5 Å². The molecule has 80 heavy (non-hydrogen) atoms. The predicted molar refractivity (Wildman–Crippen MR) is 295 cm³/mol. The highest BCUT2D eigenvalue weighted by molar-refractivity contribution is 8.00. The first kappa shape index (κ1) is 59.0. The molecule has 3 saturated heterocycles. The minimum absolute atomic E-state index is 0.00832. The van der Waals surface area contributed by atoms with Crippen LogP contribution in [0.15, 0.2) is 69.7 Å². The Kier molecular flexibility index (Phi) is 20.5. The van der Waals surface area contributed by atoms with E-state index in [1.807, 2.05) is 74.2 Å². The summed E-state index contributed by atoms with van der Waals surface area (Å²) in [6, 6.07) is 10.4. The smallest absolute Gasteiger partial charge is 0.335 e. The van der Waals surface area contributed by atoms with Gasteiger partial charge in [0.2, 0.25) is 5.91 Å². The monoisotopic (exact) mass is 1120 g/mol. The van der Waals surface area contributed by atoms with Gasteiger partial charge in [0, 0.05) is 61.8 Å². The van der Waals surface area contributed by atoms with E-state index in [1.54, 1.807) is 24.3 Å². The number of methoxy groups -OCH3 is 2. The van der Waals surface area contributed by atoms with Crippen LogP contribution in [0.4, 0.5) is 11.4 Å². The highest BCUT2D eigenvalue weighted by Gasteiger charge is 2.37. The number of hydrogen-bond donors (Lipinski definition) is 1. The maximum absolute atomic E-state index is 13.8. The number of ether oxygens (including phenoxy) is 8. The van der Waals surface area contributed by atoms with Crippen LogP contribution < -0.4 is 24.3 Å². The van der Waals surface area contributed by atoms with E-state index in [9.17, 15) is 28.8 Å². The third-order valence-corrected chi connectivity index (χ3v) is 15.3. The fourth-order valence-corrected chi connectivity index (χ4v) is 10.2. The molecule has 2 atom stereocenters. The molecule has 428 valence electrons. The summed E-state index contributed by atoms with van der Waals surface area (Å²) in [4.78, 5) is 98.5. The summed E-state index contributed by atoms with van der Waals surface area (Å²) in [5.41, 5.74) is 6.16. The number of amides is 5. The molecule has 0 spiro atoms. The second-order valence-electron chi connectivity index (χ2n) is 19.7. The van der Waals surface area contributed by atoms with Crippen molar-refractivity contribution in [3.63, 3.8) is 0 Å². The number of aromatic nitrogens is 1. The van der Waals surface area contributed by atoms with Crippen LogP contribution in [0.5, 0.6) is 23.0 Å². The van der Waals surface area contributed by atoms with Crippen molar-refractivity contribution < 1.29 is 71.5 Å². The van der Waals surface area contributed by atoms with E-state index in [1.165, 1.54) is 37.1 Å². The second kappa shape index (κ2) is 27.8. The Morgan fingerprint density at radius 3 is 1.61 bits per heavy atom. The fraction of sp³-hybridized carbons (Fsp3) is 0.491. The summed E-state index contributed by atoms with van der Waals surface area (Å²) in [7, 11) is 3.04. The van der Waals surface area contributed by atoms with E-state index in [2.05, 4.69) is 5.32 Å². The Labute approximate surface area is 469 Å². The number of hydrogen-bond acceptors (Lipinski definition) is 19. The number of aliphatic imine (C=N–C) groups is 2. The lowest BCUT2D eigenvalue weighted by molar-refractivity contribution is -0.198. The number of carbonyl (C=O) groups excluding carboxylic acids is 6. The molecule has 0 aliphatic carbocycles. The molecule has 0 bridgehead atoms. The molecule has 0 unspecified atom stereocenters. The van der Waals surface area contributed by atoms with Crippen molar-refractivity contribution in [2.45, 2.75) is 89.8 Å². The third-order valence-electron chi connectivity index (χ3n) is 13.9. The number of allylic oxidation sites excluding steroid dienone is 2. The molecule has 1 aromatic heterocycles. The number of rotatable bonds is 28. The van der Waals surface area contributed by atoms with E-state index >= 15 is 0 Å². The molecule has 5 aliphatic rings. The summed E-state index contributed by atoms with van der Waals surface area (Å²) >= 11 is 1.45. The standard InChI is InChI=1S/C57H69N7O15S/c1-7-36-21-41-29-59-45-27-49(47(71-5)25-43(45)55(69)62(41)31-36)77-33-39-23-38(24-40(61-39)34-78-50-28-46-44(26-48(50)72-6)56(70)63-32-37(8-2)22-42(63)30-60-46)57(3,4)80-35-51(65)58-12-14-74-16-18-76-20-19-75-17-15-73-13-11-54(68)79-64-52(66)9-10-53(64)67/h7-8,23-30,41-42H,9-22,31-35H2,1-6H3,(H,58,65)/b36-7+,37-8+/t41-,42-/m0/s1. The number of nitrogens with one attached hydrogen (secondary N) is 1. The Hall–Kier alpha value is -7.18. The van der Waals surface area contributed by atoms with Crippen molar-refractivity contribution in [2.24, 2.45) is 9.98 Å². The van der Waals surface area contributed by atoms with Crippen LogP contribution >= 0.6 is 11.8 Å². The molecule has 6 heterocycles. The molecular weight excluding hydrogens is 1050 g/mol. The second-order valence-corrected chi connectivity index (χ2v) is 21.3. The Morgan fingerprint density at radius 2 is 1.14 bits per heavy atom. The third kappa shape index (κ3) is 15.0. The van der Waals surface area contributed by atoms with Gasteiger partial charge < -0.3 is 57.8 Å². The molecular formula is C57H69N7O15S. The zero-order valence-corrected chi connectivity index (χ0v) is 46.9. The summed E-state index contributed by atoms with van der Waals surface area (Å²) in [5.74, 6) is -0.563. The maximum Gasteiger partial charge on any atom is 0.335 e. The van der Waals surface area contributed by atoms with Gasteiger partial charge in [-0.2, -0.15) is 0 Å². The number of hydroxylamine groups is 2. The number of nitrogens with zero attached hydrogens (tertiary/aromatic N) is 6. The van der Waals surface area contributed by atoms with Crippen molar-refractivity contribution >= 4 is 71.1 Å². The quantitative estimate of drug-likeness (QED) is 0.0486. The summed E-state index contributed by atoms with van der Waals surface area (Å²) < 4.78 is 45.8. The first-order valence-corrected chi connectivity index (χ1v) is 27.6. The van der Waals surface area contributed by atoms with Gasteiger partial charge in [0.1, 0.15) is 13.2 Å². The molecule has 0 radical (unpaired) electrons. The van der Waals surface area contributed by atoms with Gasteiger partial charge in [-0.3, -0.25) is 38.9 Å². The summed E-state index contributed by atoms with van der Waals surface area (Å²) in [6.07, 6.45) is 9.14. The molecule has 22 nitrogen and oxygen atoms in total. The Morgan fingerprint density at radius 1 is 0.662 bits per heavy atom. The SMILES string of the molecule is C/C=C1\C[C@H]2C=Nc3cc(OCc4cc(C(C)(C)SCC(=O)NCCOCCOCCOCCOCCC(=O)ON5C(=O)CCC5=O)cc(COc5cc6c(cc5OC)C(=O)N5C/C(=C/C)C[C@H]5C=N6)n4)c(OC)cc3C(=O)N2C1. The molecule has 8 rings (SSSR count). The average Bonchev–Trinajstić information content (AvgIpc) is 4.15. The zero-order chi connectivity index (χ0) is 56.8. The van der Waals surface area contributed by atoms with Crippen molar-refractivity contribution in [3.05, 3.63) is 87.8 Å². The largest absolute Gasteiger partial charge is 0.493 e. The molecule has 2 aromatic carbocycles. The lowest BCUT2D eigenvalue weighted by atomic mass is 10.0. The molecule has 3 aromatic rings. The number of thioether (sulfide) groups is 1. The van der Waals surface area contributed by atoms with Crippen LogP contribution in [-0.2, 0) is 60.9 Å². The lowest BCUT2D eigenvalue weighted by Gasteiger charge is -2.26. The molecule has 23 heteroatoms. The maximum atomic E-state index is 13.8.